The van der Waals surface area contributed by atoms with Crippen molar-refractivity contribution in [3.05, 3.63) is 22.7 Å². The summed E-state index contributed by atoms with van der Waals surface area (Å²) in [7, 11) is 3.21. The predicted octanol–water partition coefficient (Wildman–Crippen LogP) is 3.59. The number of halogens is 1. The minimum Gasteiger partial charge on any atom is -0.493 e. The van der Waals surface area contributed by atoms with E-state index in [9.17, 15) is 0 Å². The Bertz CT molecular complexity index is 401. The number of nitrogens with one attached hydrogen (secondary N) is 1. The van der Waals surface area contributed by atoms with Gasteiger partial charge in [0.15, 0.2) is 11.5 Å². The summed E-state index contributed by atoms with van der Waals surface area (Å²) in [6.45, 7) is 4.01. The highest BCUT2D eigenvalue weighted by Gasteiger charge is 2.10. The van der Waals surface area contributed by atoms with Gasteiger partial charge in [0.05, 0.1) is 19.2 Å². The summed E-state index contributed by atoms with van der Waals surface area (Å²) < 4.78 is 10.5. The molecule has 0 heterocycles. The van der Waals surface area contributed by atoms with Crippen molar-refractivity contribution in [2.45, 2.75) is 25.1 Å². The van der Waals surface area contributed by atoms with E-state index in [1.807, 2.05) is 23.9 Å². The molecular weight excluding hydrogens is 282 g/mol. The van der Waals surface area contributed by atoms with Crippen LogP contribution in [-0.4, -0.2) is 32.3 Å². The normalized spacial score (nSPS) is 12.3. The predicted molar refractivity (Wildman–Crippen MR) is 83.9 cm³/mol. The van der Waals surface area contributed by atoms with Crippen molar-refractivity contribution in [3.8, 4) is 11.5 Å². The van der Waals surface area contributed by atoms with Crippen LogP contribution in [0.1, 0.15) is 18.9 Å². The molecule has 0 aliphatic rings. The number of hydrogen-bond donors (Lipinski definition) is 1. The van der Waals surface area contributed by atoms with Crippen molar-refractivity contribution in [3.63, 3.8) is 0 Å². The van der Waals surface area contributed by atoms with Gasteiger partial charge in [0.25, 0.3) is 0 Å². The molecule has 0 fully saturated rings. The second-order valence-electron chi connectivity index (χ2n) is 4.32. The zero-order valence-corrected chi connectivity index (χ0v) is 13.5. The van der Waals surface area contributed by atoms with Gasteiger partial charge in [0.1, 0.15) is 0 Å². The summed E-state index contributed by atoms with van der Waals surface area (Å²) in [5, 5.41) is 4.68. The Balaban J connectivity index is 2.57. The summed E-state index contributed by atoms with van der Waals surface area (Å²) in [5.41, 5.74) is 1.10. The topological polar surface area (TPSA) is 30.5 Å². The van der Waals surface area contributed by atoms with E-state index in [2.05, 4.69) is 18.5 Å². The molecule has 0 spiro atoms. The molecule has 5 heteroatoms. The highest BCUT2D eigenvalue weighted by atomic mass is 35.5. The van der Waals surface area contributed by atoms with E-state index >= 15 is 0 Å². The lowest BCUT2D eigenvalue weighted by Crippen LogP contribution is -2.17. The molecular formula is C14H22ClNO2S. The smallest absolute Gasteiger partial charge is 0.179 e. The highest BCUT2D eigenvalue weighted by Crippen LogP contribution is 2.35. The summed E-state index contributed by atoms with van der Waals surface area (Å²) in [6, 6.07) is 3.86. The number of rotatable bonds is 8. The van der Waals surface area contributed by atoms with E-state index in [0.29, 0.717) is 21.8 Å². The Hall–Kier alpha value is -0.580. The van der Waals surface area contributed by atoms with Crippen molar-refractivity contribution >= 4 is 23.4 Å². The van der Waals surface area contributed by atoms with Crippen molar-refractivity contribution in [1.29, 1.82) is 0 Å². The maximum atomic E-state index is 6.16. The van der Waals surface area contributed by atoms with Crippen LogP contribution < -0.4 is 14.8 Å². The van der Waals surface area contributed by atoms with E-state index in [-0.39, 0.29) is 0 Å². The lowest BCUT2D eigenvalue weighted by Gasteiger charge is -2.13. The van der Waals surface area contributed by atoms with Gasteiger partial charge in [-0.25, -0.2) is 0 Å². The van der Waals surface area contributed by atoms with Crippen LogP contribution in [0.4, 0.5) is 0 Å². The molecule has 0 saturated heterocycles. The number of thioether (sulfide) groups is 1. The minimum absolute atomic E-state index is 0.580. The monoisotopic (exact) mass is 303 g/mol. The number of hydrogen-bond acceptors (Lipinski definition) is 4. The molecule has 1 unspecified atom stereocenters. The number of benzene rings is 1. The van der Waals surface area contributed by atoms with E-state index in [1.54, 1.807) is 14.2 Å². The van der Waals surface area contributed by atoms with E-state index < -0.39 is 0 Å². The third-order valence-electron chi connectivity index (χ3n) is 2.95. The zero-order valence-electron chi connectivity index (χ0n) is 12.0. The van der Waals surface area contributed by atoms with E-state index in [0.717, 1.165) is 25.1 Å². The molecule has 0 saturated carbocycles. The quantitative estimate of drug-likeness (QED) is 0.744. The van der Waals surface area contributed by atoms with Crippen molar-refractivity contribution in [1.82, 2.24) is 5.32 Å². The summed E-state index contributed by atoms with van der Waals surface area (Å²) >= 11 is 8.05. The summed E-state index contributed by atoms with van der Waals surface area (Å²) in [4.78, 5) is 0. The van der Waals surface area contributed by atoms with Crippen molar-refractivity contribution in [2.75, 3.05) is 27.0 Å². The number of methoxy groups -OCH3 is 2. The summed E-state index contributed by atoms with van der Waals surface area (Å²) in [5.74, 6) is 1.26. The molecule has 1 N–H and O–H groups in total. The molecule has 1 atom stereocenters. The van der Waals surface area contributed by atoms with Crippen molar-refractivity contribution in [2.24, 2.45) is 0 Å². The average molecular weight is 304 g/mol. The molecule has 1 aromatic rings. The van der Waals surface area contributed by atoms with Crippen LogP contribution >= 0.6 is 23.4 Å². The fraction of sp³-hybridized carbons (Fsp3) is 0.571. The van der Waals surface area contributed by atoms with Gasteiger partial charge in [0, 0.05) is 11.8 Å². The van der Waals surface area contributed by atoms with Crippen LogP contribution in [0.5, 0.6) is 11.5 Å². The van der Waals surface area contributed by atoms with Crippen LogP contribution in [-0.2, 0) is 6.54 Å². The van der Waals surface area contributed by atoms with Gasteiger partial charge in [-0.2, -0.15) is 11.8 Å². The molecule has 0 bridgehead atoms. The maximum Gasteiger partial charge on any atom is 0.179 e. The third-order valence-corrected chi connectivity index (χ3v) is 4.27. The molecule has 108 valence electrons. The summed E-state index contributed by atoms with van der Waals surface area (Å²) in [6.07, 6.45) is 3.29. The molecule has 3 nitrogen and oxygen atoms in total. The molecule has 19 heavy (non-hydrogen) atoms. The minimum atomic E-state index is 0.580. The SMILES string of the molecule is COc1cc(CNCCC(C)SC)cc(Cl)c1OC. The van der Waals surface area contributed by atoms with Crippen LogP contribution in [0, 0.1) is 0 Å². The van der Waals surface area contributed by atoms with Crippen LogP contribution in [0.15, 0.2) is 12.1 Å². The van der Waals surface area contributed by atoms with Gasteiger partial charge in [0.2, 0.25) is 0 Å². The molecule has 0 radical (unpaired) electrons. The molecule has 1 rings (SSSR count). The Morgan fingerprint density at radius 3 is 2.63 bits per heavy atom. The third kappa shape index (κ3) is 5.13. The van der Waals surface area contributed by atoms with Gasteiger partial charge in [-0.05, 0) is 36.9 Å². The van der Waals surface area contributed by atoms with Crippen LogP contribution in [0.25, 0.3) is 0 Å². The fourth-order valence-electron chi connectivity index (χ4n) is 1.73. The maximum absolute atomic E-state index is 6.16. The van der Waals surface area contributed by atoms with Gasteiger partial charge in [-0.3, -0.25) is 0 Å². The van der Waals surface area contributed by atoms with E-state index in [4.69, 9.17) is 21.1 Å². The molecule has 0 aliphatic heterocycles. The molecule has 0 aromatic heterocycles. The van der Waals surface area contributed by atoms with Crippen molar-refractivity contribution < 1.29 is 9.47 Å². The van der Waals surface area contributed by atoms with Gasteiger partial charge in [-0.15, -0.1) is 0 Å². The lowest BCUT2D eigenvalue weighted by atomic mass is 10.2. The fourth-order valence-corrected chi connectivity index (χ4v) is 2.39. The molecule has 0 aliphatic carbocycles. The Kier molecular flexibility index (Phi) is 7.42. The first-order valence-electron chi connectivity index (χ1n) is 6.26. The van der Waals surface area contributed by atoms with Crippen LogP contribution in [0.3, 0.4) is 0 Å². The second-order valence-corrected chi connectivity index (χ2v) is 6.01. The van der Waals surface area contributed by atoms with Gasteiger partial charge < -0.3 is 14.8 Å². The average Bonchev–Trinajstić information content (AvgIpc) is 2.42. The highest BCUT2D eigenvalue weighted by molar-refractivity contribution is 7.99. The van der Waals surface area contributed by atoms with Gasteiger partial charge in [-0.1, -0.05) is 18.5 Å². The first-order chi connectivity index (χ1) is 9.12. The Morgan fingerprint density at radius 1 is 1.32 bits per heavy atom. The lowest BCUT2D eigenvalue weighted by molar-refractivity contribution is 0.354. The van der Waals surface area contributed by atoms with Gasteiger partial charge >= 0.3 is 0 Å². The first kappa shape index (κ1) is 16.5. The largest absolute Gasteiger partial charge is 0.493 e. The number of ether oxygens (including phenoxy) is 2. The Morgan fingerprint density at radius 2 is 2.05 bits per heavy atom. The molecule has 1 aromatic carbocycles. The molecule has 0 amide bonds. The Labute approximate surface area is 125 Å². The van der Waals surface area contributed by atoms with Crippen LogP contribution in [0.2, 0.25) is 5.02 Å². The first-order valence-corrected chi connectivity index (χ1v) is 7.92. The zero-order chi connectivity index (χ0) is 14.3. The standard InChI is InChI=1S/C14H22ClNO2S/c1-10(19-4)5-6-16-9-11-7-12(15)14(18-3)13(8-11)17-2/h7-8,10,16H,5-6,9H2,1-4H3. The van der Waals surface area contributed by atoms with E-state index in [1.165, 1.54) is 0 Å². The second kappa shape index (κ2) is 8.56.